The molecule has 0 aliphatic rings. The maximum absolute atomic E-state index is 11.1. The maximum atomic E-state index is 11.1. The first-order chi connectivity index (χ1) is 9.31. The number of nitro groups is 1. The van der Waals surface area contributed by atoms with Gasteiger partial charge >= 0.3 is 5.97 Å². The third kappa shape index (κ3) is 4.90. The number of hydrogen-bond acceptors (Lipinski definition) is 4. The zero-order chi connectivity index (χ0) is 15.3. The molecule has 0 heterocycles. The average Bonchev–Trinajstić information content (AvgIpc) is 2.35. The van der Waals surface area contributed by atoms with Gasteiger partial charge in [-0.1, -0.05) is 15.9 Å². The molecule has 0 amide bonds. The van der Waals surface area contributed by atoms with Crippen LogP contribution in [-0.4, -0.2) is 33.5 Å². The van der Waals surface area contributed by atoms with E-state index < -0.39 is 10.9 Å². The molecule has 0 bridgehead atoms. The average molecular weight is 345 g/mol. The van der Waals surface area contributed by atoms with Gasteiger partial charge in [-0.2, -0.15) is 0 Å². The molecule has 1 rings (SSSR count). The van der Waals surface area contributed by atoms with Gasteiger partial charge < -0.3 is 5.11 Å². The van der Waals surface area contributed by atoms with E-state index in [2.05, 4.69) is 15.9 Å². The fraction of sp³-hybridized carbons (Fsp3) is 0.462. The molecule has 0 saturated heterocycles. The van der Waals surface area contributed by atoms with Crippen molar-refractivity contribution in [2.45, 2.75) is 32.9 Å². The van der Waals surface area contributed by atoms with E-state index in [0.29, 0.717) is 23.1 Å². The minimum absolute atomic E-state index is 0.0164. The lowest BCUT2D eigenvalue weighted by atomic mass is 10.1. The van der Waals surface area contributed by atoms with E-state index in [1.54, 1.807) is 12.1 Å². The molecular formula is C13H17BrN2O4. The van der Waals surface area contributed by atoms with E-state index >= 15 is 0 Å². The Labute approximate surface area is 125 Å². The van der Waals surface area contributed by atoms with Gasteiger partial charge in [-0.3, -0.25) is 19.8 Å². The van der Waals surface area contributed by atoms with Crippen molar-refractivity contribution >= 4 is 27.6 Å². The number of nitrogens with zero attached hydrogens (tertiary/aromatic N) is 2. The zero-order valence-electron chi connectivity index (χ0n) is 11.4. The molecule has 6 nitrogen and oxygen atoms in total. The lowest BCUT2D eigenvalue weighted by molar-refractivity contribution is -0.385. The second kappa shape index (κ2) is 7.35. The second-order valence-electron chi connectivity index (χ2n) is 4.74. The summed E-state index contributed by atoms with van der Waals surface area (Å²) in [6.45, 7) is 4.59. The summed E-state index contributed by atoms with van der Waals surface area (Å²) in [6.07, 6.45) is 0.0164. The van der Waals surface area contributed by atoms with E-state index in [4.69, 9.17) is 5.11 Å². The van der Waals surface area contributed by atoms with Crippen molar-refractivity contribution in [3.05, 3.63) is 38.3 Å². The molecule has 0 aromatic heterocycles. The van der Waals surface area contributed by atoms with Crippen LogP contribution in [0.4, 0.5) is 5.69 Å². The van der Waals surface area contributed by atoms with Crippen LogP contribution in [0.5, 0.6) is 0 Å². The first kappa shape index (κ1) is 16.6. The number of nitro benzene ring substituents is 1. The second-order valence-corrected chi connectivity index (χ2v) is 5.65. The quantitative estimate of drug-likeness (QED) is 0.607. The molecule has 1 aromatic rings. The largest absolute Gasteiger partial charge is 0.481 e. The summed E-state index contributed by atoms with van der Waals surface area (Å²) in [7, 11) is 0. The molecule has 20 heavy (non-hydrogen) atoms. The highest BCUT2D eigenvalue weighted by atomic mass is 79.9. The molecule has 0 spiro atoms. The van der Waals surface area contributed by atoms with Gasteiger partial charge in [0.25, 0.3) is 5.69 Å². The summed E-state index contributed by atoms with van der Waals surface area (Å²) < 4.78 is 0.648. The summed E-state index contributed by atoms with van der Waals surface area (Å²) in [6, 6.07) is 5.01. The van der Waals surface area contributed by atoms with Gasteiger partial charge in [0.05, 0.1) is 11.3 Å². The van der Waals surface area contributed by atoms with Crippen LogP contribution < -0.4 is 0 Å². The van der Waals surface area contributed by atoms with Crippen molar-refractivity contribution in [2.24, 2.45) is 0 Å². The number of benzene rings is 1. The number of carbonyl (C=O) groups is 1. The van der Waals surface area contributed by atoms with E-state index in [1.165, 1.54) is 6.07 Å². The molecule has 0 saturated carbocycles. The third-order valence-electron chi connectivity index (χ3n) is 2.96. The topological polar surface area (TPSA) is 83.7 Å². The van der Waals surface area contributed by atoms with Crippen molar-refractivity contribution in [2.75, 3.05) is 6.54 Å². The van der Waals surface area contributed by atoms with Crippen LogP contribution in [-0.2, 0) is 11.3 Å². The molecule has 0 radical (unpaired) electrons. The van der Waals surface area contributed by atoms with Crippen molar-refractivity contribution in [1.82, 2.24) is 4.90 Å². The summed E-state index contributed by atoms with van der Waals surface area (Å²) >= 11 is 3.21. The third-order valence-corrected chi connectivity index (χ3v) is 3.45. The van der Waals surface area contributed by atoms with Gasteiger partial charge in [0, 0.05) is 35.2 Å². The molecule has 0 aliphatic carbocycles. The first-order valence-corrected chi connectivity index (χ1v) is 6.99. The molecule has 110 valence electrons. The van der Waals surface area contributed by atoms with Crippen molar-refractivity contribution in [1.29, 1.82) is 0 Å². The van der Waals surface area contributed by atoms with Crippen LogP contribution in [0.25, 0.3) is 0 Å². The van der Waals surface area contributed by atoms with E-state index in [0.717, 1.165) is 0 Å². The normalized spacial score (nSPS) is 11.1. The van der Waals surface area contributed by atoms with Crippen LogP contribution in [0.15, 0.2) is 22.7 Å². The molecule has 0 unspecified atom stereocenters. The number of halogens is 1. The van der Waals surface area contributed by atoms with Gasteiger partial charge in [-0.15, -0.1) is 0 Å². The van der Waals surface area contributed by atoms with Crippen LogP contribution >= 0.6 is 15.9 Å². The monoisotopic (exact) mass is 344 g/mol. The molecule has 1 aromatic carbocycles. The highest BCUT2D eigenvalue weighted by Crippen LogP contribution is 2.25. The Hall–Kier alpha value is -1.47. The molecule has 1 N–H and O–H groups in total. The highest BCUT2D eigenvalue weighted by Gasteiger charge is 2.19. The minimum atomic E-state index is -0.874. The lowest BCUT2D eigenvalue weighted by Crippen LogP contribution is -2.32. The first-order valence-electron chi connectivity index (χ1n) is 6.20. The van der Waals surface area contributed by atoms with Crippen LogP contribution in [0.1, 0.15) is 25.8 Å². The Balaban J connectivity index is 2.93. The fourth-order valence-corrected chi connectivity index (χ4v) is 2.17. The maximum Gasteiger partial charge on any atom is 0.304 e. The minimum Gasteiger partial charge on any atom is -0.481 e. The van der Waals surface area contributed by atoms with Crippen molar-refractivity contribution < 1.29 is 14.8 Å². The van der Waals surface area contributed by atoms with E-state index in [1.807, 2.05) is 18.7 Å². The molecule has 0 atom stereocenters. The van der Waals surface area contributed by atoms with Crippen LogP contribution in [0.3, 0.4) is 0 Å². The van der Waals surface area contributed by atoms with Crippen LogP contribution in [0, 0.1) is 10.1 Å². The Kier molecular flexibility index (Phi) is 6.09. The number of carboxylic acids is 1. The van der Waals surface area contributed by atoms with Crippen molar-refractivity contribution in [3.63, 3.8) is 0 Å². The standard InChI is InChI=1S/C13H17BrN2O4/c1-9(2)15(6-5-13(17)18)8-10-3-4-11(14)7-12(10)16(19)20/h3-4,7,9H,5-6,8H2,1-2H3,(H,17,18). The summed E-state index contributed by atoms with van der Waals surface area (Å²) in [4.78, 5) is 23.2. The van der Waals surface area contributed by atoms with Gasteiger partial charge in [0.1, 0.15) is 0 Å². The predicted molar refractivity (Wildman–Crippen MR) is 78.6 cm³/mol. The van der Waals surface area contributed by atoms with Gasteiger partial charge in [-0.25, -0.2) is 0 Å². The predicted octanol–water partition coefficient (Wildman–Crippen LogP) is 3.04. The van der Waals surface area contributed by atoms with Crippen molar-refractivity contribution in [3.8, 4) is 0 Å². The Morgan fingerprint density at radius 2 is 2.15 bits per heavy atom. The molecule has 0 aliphatic heterocycles. The highest BCUT2D eigenvalue weighted by molar-refractivity contribution is 9.10. The Bertz CT molecular complexity index is 505. The number of aliphatic carboxylic acids is 1. The lowest BCUT2D eigenvalue weighted by Gasteiger charge is -2.25. The van der Waals surface area contributed by atoms with Crippen LogP contribution in [0.2, 0.25) is 0 Å². The number of hydrogen-bond donors (Lipinski definition) is 1. The summed E-state index contributed by atoms with van der Waals surface area (Å²) in [5, 5.41) is 19.8. The fourth-order valence-electron chi connectivity index (χ4n) is 1.82. The van der Waals surface area contributed by atoms with Gasteiger partial charge in [0.2, 0.25) is 0 Å². The van der Waals surface area contributed by atoms with Gasteiger partial charge in [-0.05, 0) is 26.0 Å². The molecule has 0 fully saturated rings. The Morgan fingerprint density at radius 1 is 1.50 bits per heavy atom. The van der Waals surface area contributed by atoms with E-state index in [9.17, 15) is 14.9 Å². The molecule has 7 heteroatoms. The smallest absolute Gasteiger partial charge is 0.304 e. The number of carboxylic acid groups (broad SMARTS) is 1. The molecular weight excluding hydrogens is 328 g/mol. The zero-order valence-corrected chi connectivity index (χ0v) is 13.0. The van der Waals surface area contributed by atoms with E-state index in [-0.39, 0.29) is 18.2 Å². The summed E-state index contributed by atoms with van der Waals surface area (Å²) in [5.41, 5.74) is 0.623. The number of rotatable bonds is 7. The SMILES string of the molecule is CC(C)N(CCC(=O)O)Cc1ccc(Br)cc1[N+](=O)[O-]. The Morgan fingerprint density at radius 3 is 2.65 bits per heavy atom. The van der Waals surface area contributed by atoms with Gasteiger partial charge in [0.15, 0.2) is 0 Å². The summed E-state index contributed by atoms with van der Waals surface area (Å²) in [5.74, 6) is -0.874.